The van der Waals surface area contributed by atoms with Crippen molar-refractivity contribution in [2.75, 3.05) is 0 Å². The summed E-state index contributed by atoms with van der Waals surface area (Å²) in [6.07, 6.45) is -0.246. The van der Waals surface area contributed by atoms with Crippen LogP contribution < -0.4 is 0 Å². The van der Waals surface area contributed by atoms with E-state index in [2.05, 4.69) is 5.10 Å². The molecule has 2 aromatic rings. The lowest BCUT2D eigenvalue weighted by Gasteiger charge is -2.06. The third-order valence-electron chi connectivity index (χ3n) is 2.98. The lowest BCUT2D eigenvalue weighted by molar-refractivity contribution is -0.136. The fourth-order valence-corrected chi connectivity index (χ4v) is 2.00. The van der Waals surface area contributed by atoms with Crippen molar-refractivity contribution >= 4 is 5.97 Å². The quantitative estimate of drug-likeness (QED) is 0.881. The van der Waals surface area contributed by atoms with E-state index in [1.54, 1.807) is 13.8 Å². The van der Waals surface area contributed by atoms with Gasteiger partial charge in [0.1, 0.15) is 0 Å². The van der Waals surface area contributed by atoms with Crippen molar-refractivity contribution in [3.05, 3.63) is 46.5 Å². The van der Waals surface area contributed by atoms with Gasteiger partial charge in [0.25, 0.3) is 0 Å². The second-order valence-electron chi connectivity index (χ2n) is 4.36. The number of aliphatic carboxylic acids is 1. The molecular weight excluding hydrogens is 273 g/mol. The monoisotopic (exact) mass is 284 g/mol. The van der Waals surface area contributed by atoms with Gasteiger partial charge in [0.05, 0.1) is 17.8 Å². The van der Waals surface area contributed by atoms with Crippen LogP contribution >= 0.6 is 0 Å². The van der Waals surface area contributed by atoms with Crippen LogP contribution in [0.25, 0.3) is 5.69 Å². The Kier molecular flexibility index (Phi) is 3.52. The van der Waals surface area contributed by atoms with Crippen molar-refractivity contribution in [3.63, 3.8) is 0 Å². The number of aromatic nitrogens is 2. The van der Waals surface area contributed by atoms with Crippen molar-refractivity contribution in [1.82, 2.24) is 9.78 Å². The lowest BCUT2D eigenvalue weighted by atomic mass is 10.1. The number of halogens is 3. The molecule has 0 amide bonds. The molecule has 0 aliphatic carbocycles. The highest BCUT2D eigenvalue weighted by Crippen LogP contribution is 2.21. The van der Waals surface area contributed by atoms with Crippen LogP contribution in [0.3, 0.4) is 0 Å². The van der Waals surface area contributed by atoms with E-state index in [1.165, 1.54) is 4.68 Å². The Labute approximate surface area is 112 Å². The minimum atomic E-state index is -1.55. The number of hydrogen-bond donors (Lipinski definition) is 1. The third-order valence-corrected chi connectivity index (χ3v) is 2.98. The molecule has 0 saturated heterocycles. The van der Waals surface area contributed by atoms with E-state index in [0.29, 0.717) is 17.0 Å². The first-order valence-electron chi connectivity index (χ1n) is 5.73. The van der Waals surface area contributed by atoms with Gasteiger partial charge in [-0.25, -0.2) is 17.9 Å². The van der Waals surface area contributed by atoms with E-state index in [1.807, 2.05) is 0 Å². The Morgan fingerprint density at radius 3 is 2.30 bits per heavy atom. The maximum Gasteiger partial charge on any atom is 0.307 e. The molecule has 7 heteroatoms. The van der Waals surface area contributed by atoms with Crippen LogP contribution in [0.4, 0.5) is 13.2 Å². The first-order valence-corrected chi connectivity index (χ1v) is 5.73. The van der Waals surface area contributed by atoms with Crippen LogP contribution in [-0.4, -0.2) is 20.9 Å². The zero-order chi connectivity index (χ0) is 15.0. The van der Waals surface area contributed by atoms with Gasteiger partial charge in [0, 0.05) is 23.4 Å². The van der Waals surface area contributed by atoms with Gasteiger partial charge in [-0.2, -0.15) is 5.10 Å². The fraction of sp³-hybridized carbons (Fsp3) is 0.231. The molecule has 0 atom stereocenters. The molecule has 0 saturated carbocycles. The van der Waals surface area contributed by atoms with Crippen LogP contribution in [0.2, 0.25) is 0 Å². The van der Waals surface area contributed by atoms with Gasteiger partial charge in [-0.15, -0.1) is 0 Å². The normalized spacial score (nSPS) is 10.8. The largest absolute Gasteiger partial charge is 0.481 e. The maximum absolute atomic E-state index is 13.2. The first kappa shape index (κ1) is 14.1. The summed E-state index contributed by atoms with van der Waals surface area (Å²) < 4.78 is 40.6. The topological polar surface area (TPSA) is 55.1 Å². The Bertz CT molecular complexity index is 672. The van der Waals surface area contributed by atoms with Crippen LogP contribution in [-0.2, 0) is 11.2 Å². The van der Waals surface area contributed by atoms with Crippen molar-refractivity contribution in [1.29, 1.82) is 0 Å². The average Bonchev–Trinajstić information content (AvgIpc) is 2.63. The van der Waals surface area contributed by atoms with E-state index >= 15 is 0 Å². The molecular formula is C13H11F3N2O2. The maximum atomic E-state index is 13.2. The highest BCUT2D eigenvalue weighted by atomic mass is 19.2. The number of carboxylic acid groups (broad SMARTS) is 1. The van der Waals surface area contributed by atoms with Gasteiger partial charge >= 0.3 is 5.97 Å². The minimum Gasteiger partial charge on any atom is -0.481 e. The van der Waals surface area contributed by atoms with Crippen LogP contribution in [0, 0.1) is 31.3 Å². The van der Waals surface area contributed by atoms with Crippen LogP contribution in [0.5, 0.6) is 0 Å². The molecule has 1 aromatic carbocycles. The molecule has 4 nitrogen and oxygen atoms in total. The average molecular weight is 284 g/mol. The second-order valence-corrected chi connectivity index (χ2v) is 4.36. The van der Waals surface area contributed by atoms with Gasteiger partial charge in [-0.3, -0.25) is 4.79 Å². The molecule has 1 aromatic heterocycles. The number of benzene rings is 1. The second kappa shape index (κ2) is 4.99. The highest BCUT2D eigenvalue weighted by Gasteiger charge is 2.18. The number of aryl methyl sites for hydroxylation is 1. The molecule has 1 heterocycles. The number of nitrogens with zero attached hydrogens (tertiary/aromatic N) is 2. The molecule has 0 unspecified atom stereocenters. The predicted octanol–water partition coefficient (Wildman–Crippen LogP) is 2.53. The zero-order valence-corrected chi connectivity index (χ0v) is 10.7. The summed E-state index contributed by atoms with van der Waals surface area (Å²) in [7, 11) is 0. The molecule has 0 fully saturated rings. The molecule has 0 aliphatic heterocycles. The van der Waals surface area contributed by atoms with Crippen molar-refractivity contribution in [2.45, 2.75) is 20.3 Å². The van der Waals surface area contributed by atoms with Crippen molar-refractivity contribution < 1.29 is 23.1 Å². The van der Waals surface area contributed by atoms with E-state index < -0.39 is 23.4 Å². The zero-order valence-electron chi connectivity index (χ0n) is 10.7. The summed E-state index contributed by atoms with van der Waals surface area (Å²) in [5, 5.41) is 12.9. The lowest BCUT2D eigenvalue weighted by Crippen LogP contribution is -2.05. The molecule has 0 spiro atoms. The summed E-state index contributed by atoms with van der Waals surface area (Å²) in [6, 6.07) is 1.62. The Hall–Kier alpha value is -2.31. The standard InChI is InChI=1S/C13H11F3N2O2/c1-6-9(5-12(19)20)7(2)18(17-6)8-3-10(14)13(16)11(15)4-8/h3-4H,5H2,1-2H3,(H,19,20). The molecule has 1 N–H and O–H groups in total. The van der Waals surface area contributed by atoms with Crippen LogP contribution in [0.15, 0.2) is 12.1 Å². The molecule has 0 aliphatic rings. The molecule has 20 heavy (non-hydrogen) atoms. The Morgan fingerprint density at radius 1 is 1.25 bits per heavy atom. The summed E-state index contributed by atoms with van der Waals surface area (Å²) in [4.78, 5) is 10.8. The van der Waals surface area contributed by atoms with E-state index in [9.17, 15) is 18.0 Å². The molecule has 106 valence electrons. The molecule has 2 rings (SSSR count). The van der Waals surface area contributed by atoms with Gasteiger partial charge in [0.2, 0.25) is 0 Å². The SMILES string of the molecule is Cc1nn(-c2cc(F)c(F)c(F)c2)c(C)c1CC(=O)O. The van der Waals surface area contributed by atoms with Crippen molar-refractivity contribution in [3.8, 4) is 5.69 Å². The minimum absolute atomic E-state index is 0.00126. The summed E-state index contributed by atoms with van der Waals surface area (Å²) in [6.45, 7) is 3.18. The van der Waals surface area contributed by atoms with Gasteiger partial charge in [-0.1, -0.05) is 0 Å². The van der Waals surface area contributed by atoms with E-state index in [0.717, 1.165) is 12.1 Å². The third kappa shape index (κ3) is 2.38. The number of carboxylic acids is 1. The summed E-state index contributed by atoms with van der Waals surface area (Å²) in [5.41, 5.74) is 1.34. The summed E-state index contributed by atoms with van der Waals surface area (Å²) >= 11 is 0. The highest BCUT2D eigenvalue weighted by molar-refractivity contribution is 5.71. The van der Waals surface area contributed by atoms with E-state index in [4.69, 9.17) is 5.11 Å². The number of hydrogen-bond acceptors (Lipinski definition) is 2. The fourth-order valence-electron chi connectivity index (χ4n) is 2.00. The van der Waals surface area contributed by atoms with Gasteiger partial charge < -0.3 is 5.11 Å². The van der Waals surface area contributed by atoms with Gasteiger partial charge in [-0.05, 0) is 13.8 Å². The number of carbonyl (C=O) groups is 1. The Morgan fingerprint density at radius 2 is 1.80 bits per heavy atom. The summed E-state index contributed by atoms with van der Waals surface area (Å²) in [5.74, 6) is -5.24. The van der Waals surface area contributed by atoms with Crippen molar-refractivity contribution in [2.24, 2.45) is 0 Å². The van der Waals surface area contributed by atoms with E-state index in [-0.39, 0.29) is 12.1 Å². The Balaban J connectivity index is 2.57. The molecule has 0 bridgehead atoms. The van der Waals surface area contributed by atoms with Gasteiger partial charge in [0.15, 0.2) is 17.5 Å². The smallest absolute Gasteiger partial charge is 0.307 e. The number of rotatable bonds is 3. The van der Waals surface area contributed by atoms with Crippen LogP contribution in [0.1, 0.15) is 17.0 Å². The predicted molar refractivity (Wildman–Crippen MR) is 64.3 cm³/mol. The first-order chi connectivity index (χ1) is 9.31. The molecule has 0 radical (unpaired) electrons.